The topological polar surface area (TPSA) is 55.4 Å². The van der Waals surface area contributed by atoms with Crippen LogP contribution in [0.4, 0.5) is 4.39 Å². The summed E-state index contributed by atoms with van der Waals surface area (Å²) in [5, 5.41) is 0. The minimum Gasteiger partial charge on any atom is -0.372 e. The van der Waals surface area contributed by atoms with E-state index in [-0.39, 0.29) is 11.4 Å². The van der Waals surface area contributed by atoms with Crippen LogP contribution >= 0.6 is 0 Å². The summed E-state index contributed by atoms with van der Waals surface area (Å²) in [7, 11) is -2.32. The van der Waals surface area contributed by atoms with Gasteiger partial charge in [0.15, 0.2) is 0 Å². The average Bonchev–Trinajstić information content (AvgIpc) is 2.52. The standard InChI is InChI=1S/C19H24FNO3S/c1-13-10-14(2)18(15(3)11-13)25(22,23)21-12-19(4,24-5)16-8-6-7-9-17(16)20/h6-11,21H,12H2,1-5H3. The molecule has 0 aromatic heterocycles. The van der Waals surface area contributed by atoms with E-state index in [1.165, 1.54) is 13.2 Å². The maximum Gasteiger partial charge on any atom is 0.241 e. The summed E-state index contributed by atoms with van der Waals surface area (Å²) in [6.45, 7) is 7.02. The molecule has 6 heteroatoms. The van der Waals surface area contributed by atoms with Crippen LogP contribution in [0, 0.1) is 26.6 Å². The molecule has 1 unspecified atom stereocenters. The van der Waals surface area contributed by atoms with Crippen LogP contribution in [0.2, 0.25) is 0 Å². The molecule has 0 radical (unpaired) electrons. The molecular formula is C19H24FNO3S. The van der Waals surface area contributed by atoms with Gasteiger partial charge in [0.1, 0.15) is 11.4 Å². The van der Waals surface area contributed by atoms with E-state index in [0.29, 0.717) is 16.7 Å². The van der Waals surface area contributed by atoms with Gasteiger partial charge < -0.3 is 4.74 Å². The molecule has 2 aromatic rings. The highest BCUT2D eigenvalue weighted by molar-refractivity contribution is 7.89. The van der Waals surface area contributed by atoms with Gasteiger partial charge in [-0.1, -0.05) is 35.9 Å². The summed E-state index contributed by atoms with van der Waals surface area (Å²) in [5.74, 6) is -0.436. The van der Waals surface area contributed by atoms with Crippen molar-refractivity contribution in [3.8, 4) is 0 Å². The minimum absolute atomic E-state index is 0.0838. The molecule has 0 spiro atoms. The number of benzene rings is 2. The lowest BCUT2D eigenvalue weighted by atomic mass is 9.95. The Kier molecular flexibility index (Phi) is 5.66. The van der Waals surface area contributed by atoms with Crippen molar-refractivity contribution in [2.45, 2.75) is 38.2 Å². The first-order valence-electron chi connectivity index (χ1n) is 7.98. The Hall–Kier alpha value is -1.76. The number of methoxy groups -OCH3 is 1. The lowest BCUT2D eigenvalue weighted by Gasteiger charge is -2.29. The molecule has 4 nitrogen and oxygen atoms in total. The van der Waals surface area contributed by atoms with Crippen LogP contribution in [0.15, 0.2) is 41.3 Å². The number of halogens is 1. The lowest BCUT2D eigenvalue weighted by Crippen LogP contribution is -2.41. The van der Waals surface area contributed by atoms with E-state index in [0.717, 1.165) is 5.56 Å². The first-order valence-corrected chi connectivity index (χ1v) is 9.47. The number of rotatable bonds is 6. The molecule has 0 aliphatic heterocycles. The molecule has 25 heavy (non-hydrogen) atoms. The van der Waals surface area contributed by atoms with Crippen LogP contribution in [-0.4, -0.2) is 22.1 Å². The van der Waals surface area contributed by atoms with Crippen molar-refractivity contribution in [2.24, 2.45) is 0 Å². The Bertz CT molecular complexity index is 857. The summed E-state index contributed by atoms with van der Waals surface area (Å²) in [6.07, 6.45) is 0. The zero-order valence-electron chi connectivity index (χ0n) is 15.2. The fraction of sp³-hybridized carbons (Fsp3) is 0.368. The normalized spacial score (nSPS) is 14.3. The first kappa shape index (κ1) is 19.6. The molecule has 0 saturated carbocycles. The maximum absolute atomic E-state index is 14.1. The smallest absolute Gasteiger partial charge is 0.241 e. The van der Waals surface area contributed by atoms with Gasteiger partial charge in [-0.3, -0.25) is 0 Å². The van der Waals surface area contributed by atoms with Crippen LogP contribution in [-0.2, 0) is 20.4 Å². The van der Waals surface area contributed by atoms with Crippen LogP contribution in [0.3, 0.4) is 0 Å². The van der Waals surface area contributed by atoms with Crippen molar-refractivity contribution in [1.82, 2.24) is 4.72 Å². The van der Waals surface area contributed by atoms with Crippen molar-refractivity contribution in [3.05, 3.63) is 64.5 Å². The number of ether oxygens (including phenoxy) is 1. The van der Waals surface area contributed by atoms with E-state index in [2.05, 4.69) is 4.72 Å². The highest BCUT2D eigenvalue weighted by Gasteiger charge is 2.32. The second-order valence-corrected chi connectivity index (χ2v) is 8.17. The van der Waals surface area contributed by atoms with Gasteiger partial charge in [0.25, 0.3) is 0 Å². The number of sulfonamides is 1. The summed E-state index contributed by atoms with van der Waals surface area (Å²) in [5.41, 5.74) is 1.54. The predicted molar refractivity (Wildman–Crippen MR) is 96.6 cm³/mol. The fourth-order valence-electron chi connectivity index (χ4n) is 3.06. The van der Waals surface area contributed by atoms with E-state index < -0.39 is 21.4 Å². The van der Waals surface area contributed by atoms with E-state index >= 15 is 0 Å². The Labute approximate surface area is 149 Å². The van der Waals surface area contributed by atoms with Crippen molar-refractivity contribution in [2.75, 3.05) is 13.7 Å². The first-order chi connectivity index (χ1) is 11.6. The second kappa shape index (κ2) is 7.23. The highest BCUT2D eigenvalue weighted by atomic mass is 32.2. The van der Waals surface area contributed by atoms with Gasteiger partial charge in [-0.2, -0.15) is 0 Å². The van der Waals surface area contributed by atoms with E-state index in [9.17, 15) is 12.8 Å². The molecule has 0 heterocycles. The number of hydrogen-bond donors (Lipinski definition) is 1. The third-order valence-corrected chi connectivity index (χ3v) is 6.07. The molecule has 1 atom stereocenters. The third-order valence-electron chi connectivity index (χ3n) is 4.37. The zero-order valence-corrected chi connectivity index (χ0v) is 16.0. The molecule has 0 bridgehead atoms. The minimum atomic E-state index is -3.75. The van der Waals surface area contributed by atoms with Gasteiger partial charge in [0.2, 0.25) is 10.0 Å². The number of nitrogens with one attached hydrogen (secondary N) is 1. The molecule has 0 aliphatic rings. The van der Waals surface area contributed by atoms with E-state index in [4.69, 9.17) is 4.74 Å². The van der Waals surface area contributed by atoms with Crippen molar-refractivity contribution in [1.29, 1.82) is 0 Å². The molecule has 136 valence electrons. The largest absolute Gasteiger partial charge is 0.372 e. The van der Waals surface area contributed by atoms with Crippen LogP contribution in [0.25, 0.3) is 0 Å². The zero-order chi connectivity index (χ0) is 18.8. The SMILES string of the molecule is COC(C)(CNS(=O)(=O)c1c(C)cc(C)cc1C)c1ccccc1F. The maximum atomic E-state index is 14.1. The van der Waals surface area contributed by atoms with Gasteiger partial charge in [-0.15, -0.1) is 0 Å². The highest BCUT2D eigenvalue weighted by Crippen LogP contribution is 2.28. The summed E-state index contributed by atoms with van der Waals surface area (Å²) >= 11 is 0. The van der Waals surface area contributed by atoms with Gasteiger partial charge in [-0.05, 0) is 44.9 Å². The average molecular weight is 365 g/mol. The van der Waals surface area contributed by atoms with Crippen molar-refractivity contribution >= 4 is 10.0 Å². The Morgan fingerprint density at radius 1 is 1.12 bits per heavy atom. The molecule has 0 amide bonds. The monoisotopic (exact) mass is 365 g/mol. The predicted octanol–water partition coefficient (Wildman–Crippen LogP) is 3.59. The lowest BCUT2D eigenvalue weighted by molar-refractivity contribution is 0.00410. The van der Waals surface area contributed by atoms with E-state index in [1.54, 1.807) is 39.0 Å². The molecule has 0 fully saturated rings. The fourth-order valence-corrected chi connectivity index (χ4v) is 4.64. The Balaban J connectivity index is 2.34. The van der Waals surface area contributed by atoms with Crippen molar-refractivity contribution < 1.29 is 17.5 Å². The van der Waals surface area contributed by atoms with Gasteiger partial charge in [0, 0.05) is 19.2 Å². The second-order valence-electron chi connectivity index (χ2n) is 6.47. The van der Waals surface area contributed by atoms with Gasteiger partial charge >= 0.3 is 0 Å². The number of hydrogen-bond acceptors (Lipinski definition) is 3. The summed E-state index contributed by atoms with van der Waals surface area (Å²) in [6, 6.07) is 9.85. The summed E-state index contributed by atoms with van der Waals surface area (Å²) in [4.78, 5) is 0.255. The molecule has 1 N–H and O–H groups in total. The van der Waals surface area contributed by atoms with Gasteiger partial charge in [-0.25, -0.2) is 17.5 Å². The van der Waals surface area contributed by atoms with E-state index in [1.807, 2.05) is 19.1 Å². The van der Waals surface area contributed by atoms with Crippen LogP contribution < -0.4 is 4.72 Å². The number of aryl methyl sites for hydroxylation is 3. The van der Waals surface area contributed by atoms with Crippen LogP contribution in [0.5, 0.6) is 0 Å². The molecular weight excluding hydrogens is 341 g/mol. The molecule has 0 saturated heterocycles. The molecule has 2 aromatic carbocycles. The van der Waals surface area contributed by atoms with Gasteiger partial charge in [0.05, 0.1) is 4.90 Å². The molecule has 2 rings (SSSR count). The van der Waals surface area contributed by atoms with Crippen LogP contribution in [0.1, 0.15) is 29.2 Å². The summed E-state index contributed by atoms with van der Waals surface area (Å²) < 4.78 is 47.8. The third kappa shape index (κ3) is 4.08. The Morgan fingerprint density at radius 3 is 2.20 bits per heavy atom. The quantitative estimate of drug-likeness (QED) is 0.851. The van der Waals surface area contributed by atoms with Crippen molar-refractivity contribution in [3.63, 3.8) is 0 Å². The Morgan fingerprint density at radius 2 is 1.68 bits per heavy atom. The molecule has 0 aliphatic carbocycles.